The largest absolute Gasteiger partial charge is 0.481 e. The normalized spacial score (nSPS) is 11.8. The van der Waals surface area contributed by atoms with E-state index in [2.05, 4.69) is 4.98 Å². The standard InChI is InChI=1S/C14H17NO2/c1-14(2,16)9-11-8-10-6-4-5-7-12(10)15-13(11)17-3/h4-8,16H,9H2,1-3H3. The Morgan fingerprint density at radius 3 is 2.65 bits per heavy atom. The number of aromatic nitrogens is 1. The van der Waals surface area contributed by atoms with Crippen LogP contribution in [-0.4, -0.2) is 22.8 Å². The van der Waals surface area contributed by atoms with Gasteiger partial charge in [-0.2, -0.15) is 0 Å². The molecule has 17 heavy (non-hydrogen) atoms. The molecule has 2 rings (SSSR count). The summed E-state index contributed by atoms with van der Waals surface area (Å²) in [6.45, 7) is 3.56. The average molecular weight is 231 g/mol. The second-order valence-corrected chi connectivity index (χ2v) is 4.84. The minimum absolute atomic E-state index is 0.522. The van der Waals surface area contributed by atoms with E-state index in [1.807, 2.05) is 30.3 Å². The highest BCUT2D eigenvalue weighted by atomic mass is 16.5. The molecule has 3 heteroatoms. The SMILES string of the molecule is COc1nc2ccccc2cc1CC(C)(C)O. The highest BCUT2D eigenvalue weighted by Crippen LogP contribution is 2.25. The van der Waals surface area contributed by atoms with Crippen molar-refractivity contribution in [3.63, 3.8) is 0 Å². The van der Waals surface area contributed by atoms with E-state index in [4.69, 9.17) is 4.74 Å². The van der Waals surface area contributed by atoms with Gasteiger partial charge in [-0.25, -0.2) is 4.98 Å². The number of nitrogens with zero attached hydrogens (tertiary/aromatic N) is 1. The predicted molar refractivity (Wildman–Crippen MR) is 68.3 cm³/mol. The molecule has 1 N–H and O–H groups in total. The van der Waals surface area contributed by atoms with Crippen LogP contribution in [0.1, 0.15) is 19.4 Å². The van der Waals surface area contributed by atoms with Gasteiger partial charge in [0.2, 0.25) is 5.88 Å². The van der Waals surface area contributed by atoms with Crippen molar-refractivity contribution in [2.24, 2.45) is 0 Å². The summed E-state index contributed by atoms with van der Waals surface area (Å²) in [5.74, 6) is 0.589. The van der Waals surface area contributed by atoms with Crippen molar-refractivity contribution in [3.8, 4) is 5.88 Å². The van der Waals surface area contributed by atoms with E-state index in [1.54, 1.807) is 21.0 Å². The summed E-state index contributed by atoms with van der Waals surface area (Å²) in [4.78, 5) is 4.44. The van der Waals surface area contributed by atoms with Crippen LogP contribution in [0.15, 0.2) is 30.3 Å². The van der Waals surface area contributed by atoms with E-state index >= 15 is 0 Å². The number of pyridine rings is 1. The zero-order chi connectivity index (χ0) is 12.5. The first-order valence-electron chi connectivity index (χ1n) is 5.65. The first kappa shape index (κ1) is 11.9. The minimum atomic E-state index is -0.766. The van der Waals surface area contributed by atoms with Crippen LogP contribution in [0.5, 0.6) is 5.88 Å². The smallest absolute Gasteiger partial charge is 0.216 e. The molecule has 0 saturated carbocycles. The number of hydrogen-bond acceptors (Lipinski definition) is 3. The van der Waals surface area contributed by atoms with E-state index in [-0.39, 0.29) is 0 Å². The van der Waals surface area contributed by atoms with E-state index < -0.39 is 5.60 Å². The van der Waals surface area contributed by atoms with Crippen LogP contribution in [0, 0.1) is 0 Å². The van der Waals surface area contributed by atoms with Gasteiger partial charge in [-0.1, -0.05) is 18.2 Å². The molecule has 1 aromatic carbocycles. The third-order valence-electron chi connectivity index (χ3n) is 2.58. The lowest BCUT2D eigenvalue weighted by Crippen LogP contribution is -2.22. The molecule has 0 aliphatic carbocycles. The van der Waals surface area contributed by atoms with Gasteiger partial charge < -0.3 is 9.84 Å². The molecule has 2 aromatic rings. The average Bonchev–Trinajstić information content (AvgIpc) is 2.26. The van der Waals surface area contributed by atoms with Crippen molar-refractivity contribution < 1.29 is 9.84 Å². The lowest BCUT2D eigenvalue weighted by Gasteiger charge is -2.18. The summed E-state index contributed by atoms with van der Waals surface area (Å²) in [6.07, 6.45) is 0.522. The van der Waals surface area contributed by atoms with E-state index in [9.17, 15) is 5.11 Å². The lowest BCUT2D eigenvalue weighted by molar-refractivity contribution is 0.0801. The zero-order valence-electron chi connectivity index (χ0n) is 10.4. The Labute approximate surface area is 101 Å². The van der Waals surface area contributed by atoms with Gasteiger partial charge in [-0.05, 0) is 26.0 Å². The second kappa shape index (κ2) is 4.34. The van der Waals surface area contributed by atoms with E-state index in [0.717, 1.165) is 16.5 Å². The Hall–Kier alpha value is -1.61. The fraction of sp³-hybridized carbons (Fsp3) is 0.357. The Kier molecular flexibility index (Phi) is 3.03. The summed E-state index contributed by atoms with van der Waals surface area (Å²) in [7, 11) is 1.60. The maximum absolute atomic E-state index is 9.88. The number of fused-ring (bicyclic) bond motifs is 1. The highest BCUT2D eigenvalue weighted by Gasteiger charge is 2.17. The Balaban J connectivity index is 2.53. The van der Waals surface area contributed by atoms with Gasteiger partial charge in [-0.15, -0.1) is 0 Å². The first-order chi connectivity index (χ1) is 7.99. The Bertz CT molecular complexity index is 529. The number of hydrogen-bond donors (Lipinski definition) is 1. The molecule has 0 aliphatic rings. The van der Waals surface area contributed by atoms with Crippen molar-refractivity contribution in [3.05, 3.63) is 35.9 Å². The number of rotatable bonds is 3. The third-order valence-corrected chi connectivity index (χ3v) is 2.58. The fourth-order valence-corrected chi connectivity index (χ4v) is 1.91. The molecule has 0 saturated heterocycles. The van der Waals surface area contributed by atoms with Crippen molar-refractivity contribution >= 4 is 10.9 Å². The summed E-state index contributed by atoms with van der Waals surface area (Å²) in [5, 5.41) is 10.9. The molecule has 0 radical (unpaired) electrons. The quantitative estimate of drug-likeness (QED) is 0.882. The van der Waals surface area contributed by atoms with Gasteiger partial charge in [0, 0.05) is 17.4 Å². The summed E-state index contributed by atoms with van der Waals surface area (Å²) < 4.78 is 5.28. The maximum atomic E-state index is 9.88. The maximum Gasteiger partial charge on any atom is 0.216 e. The minimum Gasteiger partial charge on any atom is -0.481 e. The Morgan fingerprint density at radius 2 is 2.00 bits per heavy atom. The summed E-state index contributed by atoms with van der Waals surface area (Å²) in [6, 6.07) is 9.91. The predicted octanol–water partition coefficient (Wildman–Crippen LogP) is 2.56. The molecule has 0 amide bonds. The zero-order valence-corrected chi connectivity index (χ0v) is 10.4. The lowest BCUT2D eigenvalue weighted by atomic mass is 9.98. The molecule has 1 aromatic heterocycles. The number of methoxy groups -OCH3 is 1. The second-order valence-electron chi connectivity index (χ2n) is 4.84. The van der Waals surface area contributed by atoms with Crippen molar-refractivity contribution in [2.45, 2.75) is 25.9 Å². The topological polar surface area (TPSA) is 42.4 Å². The highest BCUT2D eigenvalue weighted by molar-refractivity contribution is 5.80. The summed E-state index contributed by atoms with van der Waals surface area (Å²) >= 11 is 0. The van der Waals surface area contributed by atoms with Crippen LogP contribution in [0.3, 0.4) is 0 Å². The molecule has 0 atom stereocenters. The van der Waals surface area contributed by atoms with Crippen LogP contribution >= 0.6 is 0 Å². The third kappa shape index (κ3) is 2.74. The van der Waals surface area contributed by atoms with E-state index in [1.165, 1.54) is 0 Å². The number of benzene rings is 1. The number of ether oxygens (including phenoxy) is 1. The van der Waals surface area contributed by atoms with Crippen molar-refractivity contribution in [1.82, 2.24) is 4.98 Å². The monoisotopic (exact) mass is 231 g/mol. The fourth-order valence-electron chi connectivity index (χ4n) is 1.91. The number of para-hydroxylation sites is 1. The molecule has 0 aliphatic heterocycles. The molecular formula is C14H17NO2. The number of aliphatic hydroxyl groups is 1. The van der Waals surface area contributed by atoms with Gasteiger partial charge in [0.05, 0.1) is 18.2 Å². The van der Waals surface area contributed by atoms with Crippen molar-refractivity contribution in [1.29, 1.82) is 0 Å². The van der Waals surface area contributed by atoms with Crippen LogP contribution in [0.2, 0.25) is 0 Å². The van der Waals surface area contributed by atoms with Gasteiger partial charge in [-0.3, -0.25) is 0 Å². The molecule has 1 heterocycles. The van der Waals surface area contributed by atoms with Crippen molar-refractivity contribution in [2.75, 3.05) is 7.11 Å². The first-order valence-corrected chi connectivity index (χ1v) is 5.65. The van der Waals surface area contributed by atoms with Crippen LogP contribution < -0.4 is 4.74 Å². The molecule has 3 nitrogen and oxygen atoms in total. The van der Waals surface area contributed by atoms with Gasteiger partial charge in [0.25, 0.3) is 0 Å². The van der Waals surface area contributed by atoms with Gasteiger partial charge in [0.1, 0.15) is 0 Å². The summed E-state index contributed by atoms with van der Waals surface area (Å²) in [5.41, 5.74) is 1.07. The molecule has 0 bridgehead atoms. The Morgan fingerprint density at radius 1 is 1.29 bits per heavy atom. The molecular weight excluding hydrogens is 214 g/mol. The van der Waals surface area contributed by atoms with Crippen LogP contribution in [-0.2, 0) is 6.42 Å². The van der Waals surface area contributed by atoms with E-state index in [0.29, 0.717) is 12.3 Å². The van der Waals surface area contributed by atoms with Gasteiger partial charge in [0.15, 0.2) is 0 Å². The molecule has 0 fully saturated rings. The van der Waals surface area contributed by atoms with Gasteiger partial charge >= 0.3 is 0 Å². The van der Waals surface area contributed by atoms with Crippen LogP contribution in [0.25, 0.3) is 10.9 Å². The van der Waals surface area contributed by atoms with Crippen LogP contribution in [0.4, 0.5) is 0 Å². The molecule has 0 spiro atoms. The molecule has 90 valence electrons. The molecule has 0 unspecified atom stereocenters.